The Morgan fingerprint density at radius 2 is 1.91 bits per heavy atom. The largest absolute Gasteiger partial charge is 0.321 e. The van der Waals surface area contributed by atoms with Gasteiger partial charge in [0.25, 0.3) is 0 Å². The number of pyridine rings is 1. The maximum Gasteiger partial charge on any atom is 0.246 e. The first-order valence-corrected chi connectivity index (χ1v) is 10.8. The number of rotatable bonds is 6. The molecule has 32 heavy (non-hydrogen) atoms. The van der Waals surface area contributed by atoms with E-state index in [1.807, 2.05) is 26.8 Å². The molecule has 3 heterocycles. The van der Waals surface area contributed by atoms with Gasteiger partial charge in [-0.25, -0.2) is 14.1 Å². The van der Waals surface area contributed by atoms with Crippen LogP contribution in [0.4, 0.5) is 10.1 Å². The molecule has 0 atom stereocenters. The molecule has 0 aliphatic heterocycles. The minimum atomic E-state index is -0.280. The molecule has 1 aromatic carbocycles. The normalized spacial score (nSPS) is 13.6. The SMILES string of the molecule is Cc1nn(Cc2cccc(F)c2)c(C)c1NC(=O)Cn1nc(C)c2c(C3CC3)ccnc21. The number of hydrogen-bond acceptors (Lipinski definition) is 4. The van der Waals surface area contributed by atoms with Gasteiger partial charge in [0.2, 0.25) is 5.91 Å². The van der Waals surface area contributed by atoms with Crippen LogP contribution in [0.3, 0.4) is 0 Å². The summed E-state index contributed by atoms with van der Waals surface area (Å²) >= 11 is 0. The van der Waals surface area contributed by atoms with Crippen LogP contribution in [-0.2, 0) is 17.9 Å². The summed E-state index contributed by atoms with van der Waals surface area (Å²) in [7, 11) is 0. The Morgan fingerprint density at radius 1 is 1.12 bits per heavy atom. The number of benzene rings is 1. The lowest BCUT2D eigenvalue weighted by Crippen LogP contribution is -2.20. The zero-order valence-corrected chi connectivity index (χ0v) is 18.4. The van der Waals surface area contributed by atoms with Crippen molar-refractivity contribution in [2.45, 2.75) is 52.6 Å². The molecule has 1 fully saturated rings. The summed E-state index contributed by atoms with van der Waals surface area (Å²) in [5.74, 6) is 0.113. The van der Waals surface area contributed by atoms with E-state index in [0.29, 0.717) is 23.8 Å². The molecule has 0 bridgehead atoms. The third-order valence-corrected chi connectivity index (χ3v) is 6.02. The van der Waals surface area contributed by atoms with Crippen LogP contribution < -0.4 is 5.32 Å². The number of halogens is 1. The van der Waals surface area contributed by atoms with E-state index >= 15 is 0 Å². The van der Waals surface area contributed by atoms with E-state index in [-0.39, 0.29) is 18.3 Å². The monoisotopic (exact) mass is 432 g/mol. The van der Waals surface area contributed by atoms with Gasteiger partial charge in [-0.05, 0) is 68.9 Å². The summed E-state index contributed by atoms with van der Waals surface area (Å²) in [6.45, 7) is 6.21. The second-order valence-electron chi connectivity index (χ2n) is 8.50. The zero-order chi connectivity index (χ0) is 22.4. The van der Waals surface area contributed by atoms with Gasteiger partial charge < -0.3 is 5.32 Å². The standard InChI is InChI=1S/C24H25FN6O/c1-14-22-20(18-7-8-18)9-10-26-24(22)31(28-14)13-21(32)27-23-15(2)29-30(16(23)3)12-17-5-4-6-19(25)11-17/h4-6,9-11,18H,7-8,12-13H2,1-3H3,(H,27,32). The predicted octanol–water partition coefficient (Wildman–Crippen LogP) is 4.26. The third kappa shape index (κ3) is 3.77. The Kier molecular flexibility index (Phi) is 5.00. The molecule has 7 nitrogen and oxygen atoms in total. The van der Waals surface area contributed by atoms with Crippen molar-refractivity contribution in [3.63, 3.8) is 0 Å². The van der Waals surface area contributed by atoms with Crippen molar-refractivity contribution in [1.82, 2.24) is 24.5 Å². The van der Waals surface area contributed by atoms with Gasteiger partial charge in [0.1, 0.15) is 12.4 Å². The van der Waals surface area contributed by atoms with Gasteiger partial charge in [-0.3, -0.25) is 9.48 Å². The Morgan fingerprint density at radius 3 is 2.66 bits per heavy atom. The first-order valence-electron chi connectivity index (χ1n) is 10.8. The second-order valence-corrected chi connectivity index (χ2v) is 8.50. The zero-order valence-electron chi connectivity index (χ0n) is 18.4. The van der Waals surface area contributed by atoms with E-state index in [4.69, 9.17) is 0 Å². The van der Waals surface area contributed by atoms with Crippen LogP contribution >= 0.6 is 0 Å². The molecule has 0 saturated heterocycles. The van der Waals surface area contributed by atoms with E-state index in [1.165, 1.54) is 30.5 Å². The maximum atomic E-state index is 13.5. The Bertz CT molecular complexity index is 1330. The Balaban J connectivity index is 1.36. The molecule has 8 heteroatoms. The lowest BCUT2D eigenvalue weighted by atomic mass is 10.1. The molecule has 164 valence electrons. The molecule has 0 radical (unpaired) electrons. The van der Waals surface area contributed by atoms with Crippen molar-refractivity contribution in [3.05, 3.63) is 70.6 Å². The van der Waals surface area contributed by atoms with Crippen molar-refractivity contribution >= 4 is 22.6 Å². The van der Waals surface area contributed by atoms with Crippen molar-refractivity contribution in [1.29, 1.82) is 0 Å². The Hall–Kier alpha value is -3.55. The molecule has 1 aliphatic rings. The van der Waals surface area contributed by atoms with Crippen LogP contribution in [0.15, 0.2) is 36.5 Å². The van der Waals surface area contributed by atoms with Crippen LogP contribution in [0.25, 0.3) is 11.0 Å². The van der Waals surface area contributed by atoms with Gasteiger partial charge in [0.05, 0.1) is 29.3 Å². The summed E-state index contributed by atoms with van der Waals surface area (Å²) in [4.78, 5) is 17.4. The first-order chi connectivity index (χ1) is 15.4. The van der Waals surface area contributed by atoms with Crippen LogP contribution in [-0.4, -0.2) is 30.5 Å². The molecule has 0 unspecified atom stereocenters. The molecule has 3 aromatic heterocycles. The average molecular weight is 433 g/mol. The van der Waals surface area contributed by atoms with Crippen LogP contribution in [0.5, 0.6) is 0 Å². The predicted molar refractivity (Wildman–Crippen MR) is 120 cm³/mol. The quantitative estimate of drug-likeness (QED) is 0.494. The number of nitrogens with one attached hydrogen (secondary N) is 1. The van der Waals surface area contributed by atoms with Crippen molar-refractivity contribution in [2.24, 2.45) is 0 Å². The molecular weight excluding hydrogens is 407 g/mol. The lowest BCUT2D eigenvalue weighted by Gasteiger charge is -2.08. The summed E-state index contributed by atoms with van der Waals surface area (Å²) in [6, 6.07) is 8.50. The fraction of sp³-hybridized carbons (Fsp3) is 0.333. The van der Waals surface area contributed by atoms with Gasteiger partial charge in [0.15, 0.2) is 5.65 Å². The highest BCUT2D eigenvalue weighted by Crippen LogP contribution is 2.43. The molecule has 1 saturated carbocycles. The first kappa shape index (κ1) is 20.4. The number of anilines is 1. The molecule has 1 amide bonds. The number of nitrogens with zero attached hydrogens (tertiary/aromatic N) is 5. The number of aromatic nitrogens is 5. The second kappa shape index (κ2) is 7.85. The lowest BCUT2D eigenvalue weighted by molar-refractivity contribution is -0.116. The number of aryl methyl sites for hydroxylation is 2. The number of carbonyl (C=O) groups excluding carboxylic acids is 1. The molecule has 5 rings (SSSR count). The molecule has 0 spiro atoms. The fourth-order valence-corrected chi connectivity index (χ4v) is 4.31. The average Bonchev–Trinajstić information content (AvgIpc) is 3.51. The van der Waals surface area contributed by atoms with E-state index in [0.717, 1.165) is 28.0 Å². The van der Waals surface area contributed by atoms with Gasteiger partial charge >= 0.3 is 0 Å². The van der Waals surface area contributed by atoms with Gasteiger partial charge in [-0.1, -0.05) is 12.1 Å². The van der Waals surface area contributed by atoms with Crippen LogP contribution in [0, 0.1) is 26.6 Å². The Labute approximate surface area is 185 Å². The fourth-order valence-electron chi connectivity index (χ4n) is 4.31. The topological polar surface area (TPSA) is 77.6 Å². The summed E-state index contributed by atoms with van der Waals surface area (Å²) in [5, 5.41) is 13.2. The van der Waals surface area contributed by atoms with Crippen molar-refractivity contribution in [2.75, 3.05) is 5.32 Å². The minimum Gasteiger partial charge on any atom is -0.321 e. The molecular formula is C24H25FN6O. The van der Waals surface area contributed by atoms with Gasteiger partial charge in [0, 0.05) is 11.6 Å². The van der Waals surface area contributed by atoms with Gasteiger partial charge in [-0.15, -0.1) is 0 Å². The summed E-state index contributed by atoms with van der Waals surface area (Å²) in [6.07, 6.45) is 4.20. The highest BCUT2D eigenvalue weighted by molar-refractivity contribution is 5.93. The highest BCUT2D eigenvalue weighted by atomic mass is 19.1. The van der Waals surface area contributed by atoms with E-state index in [9.17, 15) is 9.18 Å². The maximum absolute atomic E-state index is 13.5. The van der Waals surface area contributed by atoms with Crippen LogP contribution in [0.2, 0.25) is 0 Å². The van der Waals surface area contributed by atoms with Gasteiger partial charge in [-0.2, -0.15) is 10.2 Å². The number of fused-ring (bicyclic) bond motifs is 1. The highest BCUT2D eigenvalue weighted by Gasteiger charge is 2.28. The number of amides is 1. The number of hydrogen-bond donors (Lipinski definition) is 1. The molecule has 1 aliphatic carbocycles. The van der Waals surface area contributed by atoms with E-state index < -0.39 is 0 Å². The van der Waals surface area contributed by atoms with E-state index in [2.05, 4.69) is 26.6 Å². The minimum absolute atomic E-state index is 0.0689. The number of carbonyl (C=O) groups is 1. The van der Waals surface area contributed by atoms with E-state index in [1.54, 1.807) is 21.6 Å². The van der Waals surface area contributed by atoms with Crippen LogP contribution in [0.1, 0.15) is 47.0 Å². The smallest absolute Gasteiger partial charge is 0.246 e. The summed E-state index contributed by atoms with van der Waals surface area (Å²) < 4.78 is 17.0. The third-order valence-electron chi connectivity index (χ3n) is 6.02. The van der Waals surface area contributed by atoms with Crippen molar-refractivity contribution < 1.29 is 9.18 Å². The molecule has 1 N–H and O–H groups in total. The molecule has 4 aromatic rings. The summed E-state index contributed by atoms with van der Waals surface area (Å²) in [5.41, 5.74) is 5.94. The van der Waals surface area contributed by atoms with Crippen molar-refractivity contribution in [3.8, 4) is 0 Å².